The summed E-state index contributed by atoms with van der Waals surface area (Å²) in [6.07, 6.45) is 1.02. The van der Waals surface area contributed by atoms with Crippen molar-refractivity contribution in [1.82, 2.24) is 14.9 Å². The van der Waals surface area contributed by atoms with Gasteiger partial charge in [-0.15, -0.1) is 0 Å². The highest BCUT2D eigenvalue weighted by Crippen LogP contribution is 2.27. The highest BCUT2D eigenvalue weighted by atomic mass is 32.2. The topological polar surface area (TPSA) is 29.9 Å². The molecule has 0 aliphatic carbocycles. The summed E-state index contributed by atoms with van der Waals surface area (Å²) < 4.78 is 16.1. The number of aryl methyl sites for hydroxylation is 1. The van der Waals surface area contributed by atoms with E-state index in [1.165, 1.54) is 6.07 Å². The van der Waals surface area contributed by atoms with Gasteiger partial charge in [-0.2, -0.15) is 11.8 Å². The molecule has 1 N–H and O–H groups in total. The van der Waals surface area contributed by atoms with Crippen LogP contribution in [0.5, 0.6) is 0 Å². The first-order valence-electron chi connectivity index (χ1n) is 6.77. The van der Waals surface area contributed by atoms with Gasteiger partial charge in [-0.3, -0.25) is 0 Å². The minimum Gasteiger partial charge on any atom is -0.327 e. The van der Waals surface area contributed by atoms with Crippen LogP contribution in [0.3, 0.4) is 0 Å². The second-order valence-electron chi connectivity index (χ2n) is 4.81. The van der Waals surface area contributed by atoms with E-state index in [0.29, 0.717) is 5.52 Å². The predicted octanol–water partition coefficient (Wildman–Crippen LogP) is 2.96. The van der Waals surface area contributed by atoms with Gasteiger partial charge >= 0.3 is 0 Å². The average molecular weight is 279 g/mol. The monoisotopic (exact) mass is 279 g/mol. The highest BCUT2D eigenvalue weighted by molar-refractivity contribution is 7.99. The first kappa shape index (κ1) is 12.9. The van der Waals surface area contributed by atoms with E-state index in [1.54, 1.807) is 6.07 Å². The fraction of sp³-hybridized carbons (Fsp3) is 0.500. The van der Waals surface area contributed by atoms with Crippen LogP contribution < -0.4 is 5.32 Å². The lowest BCUT2D eigenvalue weighted by Crippen LogP contribution is -2.32. The molecule has 1 fully saturated rings. The molecule has 1 aromatic carbocycles. The number of hydrogen-bond acceptors (Lipinski definition) is 3. The van der Waals surface area contributed by atoms with Gasteiger partial charge in [0.1, 0.15) is 11.3 Å². The largest absolute Gasteiger partial charge is 0.327 e. The Morgan fingerprint density at radius 1 is 1.53 bits per heavy atom. The number of aromatic nitrogens is 2. The van der Waals surface area contributed by atoms with Gasteiger partial charge in [0.15, 0.2) is 5.82 Å². The van der Waals surface area contributed by atoms with Crippen molar-refractivity contribution in [3.63, 3.8) is 0 Å². The van der Waals surface area contributed by atoms with Crippen LogP contribution in [-0.4, -0.2) is 27.6 Å². The first-order chi connectivity index (χ1) is 9.31. The quantitative estimate of drug-likeness (QED) is 0.937. The van der Waals surface area contributed by atoms with Crippen LogP contribution in [0.15, 0.2) is 18.2 Å². The number of hydrogen-bond donors (Lipinski definition) is 1. The lowest BCUT2D eigenvalue weighted by Gasteiger charge is -2.23. The number of imidazole rings is 1. The van der Waals surface area contributed by atoms with E-state index in [0.717, 1.165) is 42.4 Å². The molecule has 0 radical (unpaired) electrons. The van der Waals surface area contributed by atoms with Crippen molar-refractivity contribution in [2.24, 2.45) is 0 Å². The number of thioether (sulfide) groups is 1. The van der Waals surface area contributed by atoms with Crippen molar-refractivity contribution >= 4 is 22.8 Å². The number of rotatable bonds is 3. The van der Waals surface area contributed by atoms with E-state index in [9.17, 15) is 4.39 Å². The fourth-order valence-electron chi connectivity index (χ4n) is 2.59. The van der Waals surface area contributed by atoms with Crippen LogP contribution in [0, 0.1) is 5.82 Å². The van der Waals surface area contributed by atoms with Crippen LogP contribution in [0.1, 0.15) is 25.2 Å². The van der Waals surface area contributed by atoms with Crippen molar-refractivity contribution in [2.75, 3.05) is 18.1 Å². The Bertz CT molecular complexity index is 575. The number of fused-ring (bicyclic) bond motifs is 1. The lowest BCUT2D eigenvalue weighted by atomic mass is 10.3. The summed E-state index contributed by atoms with van der Waals surface area (Å²) >= 11 is 1.93. The molecular weight excluding hydrogens is 261 g/mol. The molecule has 0 saturated carbocycles. The molecule has 1 unspecified atom stereocenters. The summed E-state index contributed by atoms with van der Waals surface area (Å²) in [6.45, 7) is 4.02. The Balaban J connectivity index is 2.11. The van der Waals surface area contributed by atoms with Crippen LogP contribution in [-0.2, 0) is 6.54 Å². The molecule has 1 aliphatic rings. The summed E-state index contributed by atoms with van der Waals surface area (Å²) in [5.41, 5.74) is 1.41. The van der Waals surface area contributed by atoms with Crippen molar-refractivity contribution in [3.05, 3.63) is 29.8 Å². The molecule has 5 heteroatoms. The van der Waals surface area contributed by atoms with E-state index >= 15 is 0 Å². The minimum absolute atomic E-state index is 0.225. The zero-order valence-corrected chi connectivity index (χ0v) is 11.8. The molecule has 1 aromatic heterocycles. The summed E-state index contributed by atoms with van der Waals surface area (Å²) in [6, 6.07) is 5.44. The van der Waals surface area contributed by atoms with Crippen LogP contribution in [0.2, 0.25) is 0 Å². The van der Waals surface area contributed by atoms with Gasteiger partial charge in [0.05, 0.1) is 11.6 Å². The summed E-state index contributed by atoms with van der Waals surface area (Å²) in [5, 5.41) is 3.49. The Hall–Kier alpha value is -1.07. The molecule has 2 heterocycles. The Labute approximate surface area is 116 Å². The van der Waals surface area contributed by atoms with E-state index < -0.39 is 0 Å². The molecule has 3 nitrogen and oxygen atoms in total. The van der Waals surface area contributed by atoms with Crippen molar-refractivity contribution in [2.45, 2.75) is 25.9 Å². The fourth-order valence-corrected chi connectivity index (χ4v) is 3.52. The maximum Gasteiger partial charge on any atom is 0.151 e. The molecule has 0 bridgehead atoms. The summed E-state index contributed by atoms with van der Waals surface area (Å²) in [7, 11) is 0. The smallest absolute Gasteiger partial charge is 0.151 e. The first-order valence-corrected chi connectivity index (χ1v) is 7.92. The van der Waals surface area contributed by atoms with Crippen LogP contribution in [0.4, 0.5) is 4.39 Å². The molecule has 1 aliphatic heterocycles. The zero-order chi connectivity index (χ0) is 13.2. The zero-order valence-electron chi connectivity index (χ0n) is 11.0. The van der Waals surface area contributed by atoms with Crippen LogP contribution in [0.25, 0.3) is 11.0 Å². The van der Waals surface area contributed by atoms with Gasteiger partial charge in [0.25, 0.3) is 0 Å². The molecule has 102 valence electrons. The highest BCUT2D eigenvalue weighted by Gasteiger charge is 2.22. The lowest BCUT2D eigenvalue weighted by molar-refractivity contribution is 0.526. The molecule has 3 rings (SSSR count). The molecule has 2 aromatic rings. The number of benzene rings is 1. The number of nitrogens with one attached hydrogen (secondary N) is 1. The Morgan fingerprint density at radius 3 is 3.16 bits per heavy atom. The number of para-hydroxylation sites is 1. The normalized spacial score (nSPS) is 20.0. The number of nitrogens with zero attached hydrogens (tertiary/aromatic N) is 2. The second-order valence-corrected chi connectivity index (χ2v) is 5.96. The third-order valence-corrected chi connectivity index (χ3v) is 4.50. The van der Waals surface area contributed by atoms with Crippen molar-refractivity contribution in [1.29, 1.82) is 0 Å². The standard InChI is InChI=1S/C14H18FN3S/c1-2-7-18-12-5-3-4-10(15)13(12)17-14(18)11-9-19-8-6-16-11/h3-5,11,16H,2,6-9H2,1H3. The predicted molar refractivity (Wildman–Crippen MR) is 78.1 cm³/mol. The Kier molecular flexibility index (Phi) is 3.75. The summed E-state index contributed by atoms with van der Waals surface area (Å²) in [5.74, 6) is 2.90. The number of halogens is 1. The molecule has 1 saturated heterocycles. The van der Waals surface area contributed by atoms with Gasteiger partial charge in [-0.25, -0.2) is 9.37 Å². The third-order valence-electron chi connectivity index (χ3n) is 3.44. The third kappa shape index (κ3) is 2.37. The maximum atomic E-state index is 13.9. The van der Waals surface area contributed by atoms with E-state index in [1.807, 2.05) is 17.8 Å². The minimum atomic E-state index is -0.225. The van der Waals surface area contributed by atoms with E-state index in [-0.39, 0.29) is 11.9 Å². The van der Waals surface area contributed by atoms with Crippen molar-refractivity contribution in [3.8, 4) is 0 Å². The van der Waals surface area contributed by atoms with Gasteiger partial charge in [0, 0.05) is 24.6 Å². The summed E-state index contributed by atoms with van der Waals surface area (Å²) in [4.78, 5) is 4.57. The Morgan fingerprint density at radius 2 is 2.42 bits per heavy atom. The van der Waals surface area contributed by atoms with E-state index in [4.69, 9.17) is 0 Å². The van der Waals surface area contributed by atoms with Gasteiger partial charge in [-0.05, 0) is 18.6 Å². The SMILES string of the molecule is CCCn1c(C2CSCCN2)nc2c(F)cccc21. The van der Waals surface area contributed by atoms with Gasteiger partial charge in [0.2, 0.25) is 0 Å². The van der Waals surface area contributed by atoms with Gasteiger partial charge in [-0.1, -0.05) is 13.0 Å². The molecule has 0 amide bonds. The molecule has 19 heavy (non-hydrogen) atoms. The van der Waals surface area contributed by atoms with Crippen LogP contribution >= 0.6 is 11.8 Å². The molecule has 1 atom stereocenters. The second kappa shape index (κ2) is 5.51. The average Bonchev–Trinajstić information content (AvgIpc) is 2.81. The van der Waals surface area contributed by atoms with Gasteiger partial charge < -0.3 is 9.88 Å². The van der Waals surface area contributed by atoms with Crippen molar-refractivity contribution < 1.29 is 4.39 Å². The maximum absolute atomic E-state index is 13.9. The van der Waals surface area contributed by atoms with E-state index in [2.05, 4.69) is 21.8 Å². The molecular formula is C14H18FN3S. The molecule has 0 spiro atoms.